The highest BCUT2D eigenvalue weighted by molar-refractivity contribution is 6.41. The monoisotopic (exact) mass is 387 g/mol. The Morgan fingerprint density at radius 3 is 2.12 bits per heavy atom. The van der Waals surface area contributed by atoms with Crippen LogP contribution < -0.4 is 5.73 Å². The van der Waals surface area contributed by atoms with Crippen molar-refractivity contribution in [1.29, 1.82) is 0 Å². The number of methoxy groups -OCH3 is 1. The summed E-state index contributed by atoms with van der Waals surface area (Å²) in [6.07, 6.45) is 0.327. The lowest BCUT2D eigenvalue weighted by molar-refractivity contribution is -0.142. The third-order valence-corrected chi connectivity index (χ3v) is 4.00. The molecule has 2 N–H and O–H groups in total. The molecule has 0 fully saturated rings. The summed E-state index contributed by atoms with van der Waals surface area (Å²) in [6.45, 7) is 0. The van der Waals surface area contributed by atoms with Gasteiger partial charge in [0.05, 0.1) is 22.7 Å². The predicted molar refractivity (Wildman–Crippen MR) is 97.3 cm³/mol. The van der Waals surface area contributed by atoms with Crippen molar-refractivity contribution >= 4 is 47.4 Å². The SMILES string of the molecule is COC(=O)[C@@H](N)Cc1ccc(C(=O)c2c(Cl)cccc2Cl)cc1.Cl. The molecule has 4 nitrogen and oxygen atoms in total. The van der Waals surface area contributed by atoms with Crippen LogP contribution >= 0.6 is 35.6 Å². The first-order valence-electron chi connectivity index (χ1n) is 6.85. The van der Waals surface area contributed by atoms with Crippen molar-refractivity contribution < 1.29 is 14.3 Å². The van der Waals surface area contributed by atoms with Gasteiger partial charge in [-0.2, -0.15) is 0 Å². The van der Waals surface area contributed by atoms with Crippen molar-refractivity contribution in [1.82, 2.24) is 0 Å². The van der Waals surface area contributed by atoms with E-state index in [-0.39, 0.29) is 23.8 Å². The molecule has 0 aromatic heterocycles. The molecule has 7 heteroatoms. The Hall–Kier alpha value is -1.59. The van der Waals surface area contributed by atoms with Crippen molar-refractivity contribution in [2.75, 3.05) is 7.11 Å². The van der Waals surface area contributed by atoms with Crippen LogP contribution in [0.4, 0.5) is 0 Å². The maximum absolute atomic E-state index is 12.5. The fourth-order valence-electron chi connectivity index (χ4n) is 2.14. The van der Waals surface area contributed by atoms with Gasteiger partial charge in [-0.1, -0.05) is 53.5 Å². The number of hydrogen-bond acceptors (Lipinski definition) is 4. The zero-order chi connectivity index (χ0) is 17.0. The average molecular weight is 389 g/mol. The maximum Gasteiger partial charge on any atom is 0.322 e. The zero-order valence-electron chi connectivity index (χ0n) is 12.8. The lowest BCUT2D eigenvalue weighted by Crippen LogP contribution is -2.33. The number of benzene rings is 2. The number of carbonyl (C=O) groups is 2. The molecule has 2 rings (SSSR count). The summed E-state index contributed by atoms with van der Waals surface area (Å²) in [5, 5.41) is 0.610. The van der Waals surface area contributed by atoms with E-state index in [2.05, 4.69) is 4.74 Å². The summed E-state index contributed by atoms with van der Waals surface area (Å²) < 4.78 is 4.58. The van der Waals surface area contributed by atoms with Crippen LogP contribution in [0.3, 0.4) is 0 Å². The van der Waals surface area contributed by atoms with Crippen molar-refractivity contribution in [3.05, 3.63) is 69.2 Å². The summed E-state index contributed by atoms with van der Waals surface area (Å²) in [5.74, 6) is -0.739. The second-order valence-corrected chi connectivity index (χ2v) is 5.77. The highest BCUT2D eigenvalue weighted by Gasteiger charge is 2.17. The third-order valence-electron chi connectivity index (χ3n) is 3.37. The minimum atomic E-state index is -0.737. The Labute approximate surface area is 156 Å². The number of halogens is 3. The minimum Gasteiger partial charge on any atom is -0.468 e. The van der Waals surface area contributed by atoms with Crippen LogP contribution in [0.25, 0.3) is 0 Å². The van der Waals surface area contributed by atoms with Gasteiger partial charge in [0.1, 0.15) is 6.04 Å². The average Bonchev–Trinajstić information content (AvgIpc) is 2.54. The van der Waals surface area contributed by atoms with E-state index in [1.165, 1.54) is 7.11 Å². The van der Waals surface area contributed by atoms with Crippen LogP contribution in [0.15, 0.2) is 42.5 Å². The van der Waals surface area contributed by atoms with Crippen LogP contribution in [0.2, 0.25) is 10.0 Å². The Morgan fingerprint density at radius 2 is 1.62 bits per heavy atom. The second-order valence-electron chi connectivity index (χ2n) is 4.96. The molecule has 0 spiro atoms. The summed E-state index contributed by atoms with van der Waals surface area (Å²) in [4.78, 5) is 23.8. The summed E-state index contributed by atoms with van der Waals surface area (Å²) in [5.41, 5.74) is 7.26. The fraction of sp³-hybridized carbons (Fsp3) is 0.176. The first-order chi connectivity index (χ1) is 10.9. The van der Waals surface area contributed by atoms with Crippen LogP contribution in [0.1, 0.15) is 21.5 Å². The van der Waals surface area contributed by atoms with E-state index in [0.29, 0.717) is 22.0 Å². The van der Waals surface area contributed by atoms with Crippen LogP contribution in [0.5, 0.6) is 0 Å². The molecule has 0 amide bonds. The normalized spacial score (nSPS) is 11.3. The molecule has 24 heavy (non-hydrogen) atoms. The number of hydrogen-bond donors (Lipinski definition) is 1. The zero-order valence-corrected chi connectivity index (χ0v) is 15.1. The van der Waals surface area contributed by atoms with Crippen molar-refractivity contribution in [2.45, 2.75) is 12.5 Å². The second kappa shape index (κ2) is 9.04. The largest absolute Gasteiger partial charge is 0.468 e. The molecule has 0 aliphatic carbocycles. The van der Waals surface area contributed by atoms with Crippen LogP contribution in [-0.4, -0.2) is 24.9 Å². The van der Waals surface area contributed by atoms with Crippen molar-refractivity contribution in [3.8, 4) is 0 Å². The molecule has 0 aliphatic rings. The smallest absolute Gasteiger partial charge is 0.322 e. The highest BCUT2D eigenvalue weighted by Crippen LogP contribution is 2.27. The molecule has 128 valence electrons. The van der Waals surface area contributed by atoms with E-state index in [9.17, 15) is 9.59 Å². The Balaban J connectivity index is 0.00000288. The van der Waals surface area contributed by atoms with Crippen molar-refractivity contribution in [2.24, 2.45) is 5.73 Å². The molecule has 0 unspecified atom stereocenters. The maximum atomic E-state index is 12.5. The number of esters is 1. The van der Waals surface area contributed by atoms with Crippen LogP contribution in [-0.2, 0) is 16.0 Å². The van der Waals surface area contributed by atoms with E-state index in [4.69, 9.17) is 28.9 Å². The summed E-state index contributed by atoms with van der Waals surface area (Å²) >= 11 is 12.1. The van der Waals surface area contributed by atoms with Gasteiger partial charge < -0.3 is 10.5 Å². The van der Waals surface area contributed by atoms with E-state index in [1.54, 1.807) is 42.5 Å². The Kier molecular flexibility index (Phi) is 7.70. The van der Waals surface area contributed by atoms with Gasteiger partial charge in [-0.3, -0.25) is 9.59 Å². The Bertz CT molecular complexity index is 712. The summed E-state index contributed by atoms with van der Waals surface area (Å²) in [6, 6.07) is 11.0. The van der Waals surface area contributed by atoms with Gasteiger partial charge in [-0.25, -0.2) is 0 Å². The quantitative estimate of drug-likeness (QED) is 0.626. The topological polar surface area (TPSA) is 69.4 Å². The van der Waals surface area contributed by atoms with Gasteiger partial charge in [0.25, 0.3) is 0 Å². The molecule has 0 saturated heterocycles. The van der Waals surface area contributed by atoms with E-state index >= 15 is 0 Å². The van der Waals surface area contributed by atoms with E-state index in [0.717, 1.165) is 5.56 Å². The van der Waals surface area contributed by atoms with E-state index < -0.39 is 12.0 Å². The predicted octanol–water partition coefficient (Wildman–Crippen LogP) is 3.69. The van der Waals surface area contributed by atoms with Gasteiger partial charge in [-0.05, 0) is 24.1 Å². The third kappa shape index (κ3) is 4.71. The molecule has 2 aromatic rings. The number of ketones is 1. The van der Waals surface area contributed by atoms with Crippen LogP contribution in [0, 0.1) is 0 Å². The number of carbonyl (C=O) groups excluding carboxylic acids is 2. The molecule has 0 radical (unpaired) electrons. The molecule has 0 bridgehead atoms. The first kappa shape index (κ1) is 20.5. The number of ether oxygens (including phenoxy) is 1. The molecular formula is C17H16Cl3NO3. The number of nitrogens with two attached hydrogens (primary N) is 1. The van der Waals surface area contributed by atoms with Gasteiger partial charge in [-0.15, -0.1) is 12.4 Å². The van der Waals surface area contributed by atoms with Gasteiger partial charge in [0.2, 0.25) is 0 Å². The number of rotatable bonds is 5. The molecule has 1 atom stereocenters. The molecule has 0 aliphatic heterocycles. The first-order valence-corrected chi connectivity index (χ1v) is 7.60. The minimum absolute atomic E-state index is 0. The lowest BCUT2D eigenvalue weighted by Gasteiger charge is -2.10. The van der Waals surface area contributed by atoms with Gasteiger partial charge >= 0.3 is 5.97 Å². The molecule has 0 heterocycles. The standard InChI is InChI=1S/C17H15Cl2NO3.ClH/c1-23-17(22)14(20)9-10-5-7-11(8-6-10)16(21)15-12(18)3-2-4-13(15)19;/h2-8,14H,9,20H2,1H3;1H/t14-;/m0./s1. The molecule has 0 saturated carbocycles. The fourth-order valence-corrected chi connectivity index (χ4v) is 2.71. The van der Waals surface area contributed by atoms with Gasteiger partial charge in [0.15, 0.2) is 5.78 Å². The summed E-state index contributed by atoms with van der Waals surface area (Å²) in [7, 11) is 1.29. The highest BCUT2D eigenvalue weighted by atomic mass is 35.5. The molecule has 2 aromatic carbocycles. The van der Waals surface area contributed by atoms with Crippen molar-refractivity contribution in [3.63, 3.8) is 0 Å². The van der Waals surface area contributed by atoms with E-state index in [1.807, 2.05) is 0 Å². The molecular weight excluding hydrogens is 373 g/mol. The van der Waals surface area contributed by atoms with Gasteiger partial charge in [0, 0.05) is 5.56 Å². The Morgan fingerprint density at radius 1 is 1.08 bits per heavy atom. The lowest BCUT2D eigenvalue weighted by atomic mass is 9.99.